The number of hydrogen-bond donors (Lipinski definition) is 2. The molecule has 0 saturated heterocycles. The van der Waals surface area contributed by atoms with E-state index < -0.39 is 5.60 Å². The zero-order valence-electron chi connectivity index (χ0n) is 9.71. The molecule has 1 aliphatic carbocycles. The molecular weight excluding hydrogens is 222 g/mol. The molecule has 0 bridgehead atoms. The second-order valence-electron chi connectivity index (χ2n) is 4.32. The van der Waals surface area contributed by atoms with Crippen LogP contribution in [0.15, 0.2) is 12.7 Å². The Bertz CT molecular complexity index is 237. The van der Waals surface area contributed by atoms with E-state index in [9.17, 15) is 9.90 Å². The molecule has 1 rings (SSSR count). The Kier molecular flexibility index (Phi) is 5.91. The molecule has 0 unspecified atom stereocenters. The minimum absolute atomic E-state index is 0.0244. The van der Waals surface area contributed by atoms with Crippen LogP contribution in [0.5, 0.6) is 0 Å². The van der Waals surface area contributed by atoms with Crippen LogP contribution >= 0.6 is 11.8 Å². The first kappa shape index (κ1) is 13.6. The van der Waals surface area contributed by atoms with Crippen LogP contribution in [-0.2, 0) is 4.79 Å². The molecule has 0 spiro atoms. The molecule has 0 aromatic carbocycles. The molecule has 1 fully saturated rings. The number of carbonyl (C=O) groups is 1. The number of carbonyl (C=O) groups excluding carboxylic acids is 1. The van der Waals surface area contributed by atoms with Crippen LogP contribution in [0.4, 0.5) is 0 Å². The van der Waals surface area contributed by atoms with Crippen molar-refractivity contribution in [1.29, 1.82) is 0 Å². The summed E-state index contributed by atoms with van der Waals surface area (Å²) < 4.78 is 0. The summed E-state index contributed by atoms with van der Waals surface area (Å²) in [4.78, 5) is 11.5. The first-order valence-corrected chi connectivity index (χ1v) is 6.99. The van der Waals surface area contributed by atoms with E-state index in [4.69, 9.17) is 0 Å². The van der Waals surface area contributed by atoms with Crippen LogP contribution < -0.4 is 5.32 Å². The predicted octanol–water partition coefficient (Wildman–Crippen LogP) is 1.72. The highest BCUT2D eigenvalue weighted by Crippen LogP contribution is 2.32. The molecule has 1 aliphatic rings. The molecule has 0 aliphatic heterocycles. The summed E-state index contributed by atoms with van der Waals surface area (Å²) in [6.07, 6.45) is 5.74. The van der Waals surface area contributed by atoms with Gasteiger partial charge in [-0.2, -0.15) is 11.8 Å². The van der Waals surface area contributed by atoms with E-state index in [1.165, 1.54) is 0 Å². The molecule has 0 atom stereocenters. The minimum atomic E-state index is -0.724. The monoisotopic (exact) mass is 243 g/mol. The van der Waals surface area contributed by atoms with Crippen LogP contribution in [0.1, 0.15) is 32.1 Å². The largest absolute Gasteiger partial charge is 0.389 e. The third-order valence-electron chi connectivity index (χ3n) is 2.83. The first-order chi connectivity index (χ1) is 7.66. The van der Waals surface area contributed by atoms with E-state index in [1.807, 2.05) is 6.08 Å². The maximum atomic E-state index is 11.5. The Morgan fingerprint density at radius 3 is 2.81 bits per heavy atom. The van der Waals surface area contributed by atoms with Crippen molar-refractivity contribution in [2.75, 3.05) is 18.1 Å². The van der Waals surface area contributed by atoms with Gasteiger partial charge in [-0.1, -0.05) is 18.9 Å². The molecule has 3 nitrogen and oxygen atoms in total. The smallest absolute Gasteiger partial charge is 0.222 e. The number of thioether (sulfide) groups is 1. The maximum Gasteiger partial charge on any atom is 0.222 e. The van der Waals surface area contributed by atoms with Gasteiger partial charge in [0.2, 0.25) is 5.91 Å². The molecule has 1 saturated carbocycles. The van der Waals surface area contributed by atoms with Crippen molar-refractivity contribution in [3.8, 4) is 0 Å². The van der Waals surface area contributed by atoms with Crippen molar-refractivity contribution < 1.29 is 9.90 Å². The second kappa shape index (κ2) is 6.97. The third-order valence-corrected chi connectivity index (χ3v) is 3.79. The van der Waals surface area contributed by atoms with Gasteiger partial charge in [-0.05, 0) is 12.8 Å². The molecule has 4 heteroatoms. The van der Waals surface area contributed by atoms with E-state index in [0.717, 1.165) is 37.2 Å². The molecule has 0 heterocycles. The third kappa shape index (κ3) is 5.03. The van der Waals surface area contributed by atoms with E-state index in [1.54, 1.807) is 11.8 Å². The fraction of sp³-hybridized carbons (Fsp3) is 0.750. The summed E-state index contributed by atoms with van der Waals surface area (Å²) in [6.45, 7) is 4.30. The van der Waals surface area contributed by atoms with Gasteiger partial charge in [0.15, 0.2) is 0 Å². The van der Waals surface area contributed by atoms with Crippen LogP contribution in [-0.4, -0.2) is 34.7 Å². The second-order valence-corrected chi connectivity index (χ2v) is 5.47. The average Bonchev–Trinajstić information content (AvgIpc) is 2.64. The number of hydrogen-bond acceptors (Lipinski definition) is 3. The molecular formula is C12H21NO2S. The fourth-order valence-corrected chi connectivity index (χ4v) is 2.58. The van der Waals surface area contributed by atoms with Crippen molar-refractivity contribution in [2.45, 2.75) is 37.7 Å². The topological polar surface area (TPSA) is 49.3 Å². The van der Waals surface area contributed by atoms with Crippen LogP contribution in [0.2, 0.25) is 0 Å². The van der Waals surface area contributed by atoms with Gasteiger partial charge in [0.25, 0.3) is 0 Å². The standard InChI is InChI=1S/C12H21NO2S/c1-2-8-16-9-7-13-11(14)10-12(15)5-3-4-6-12/h2,15H,1,3-10H2,(H,13,14). The Hall–Kier alpha value is -0.480. The molecule has 0 aromatic heterocycles. The molecule has 16 heavy (non-hydrogen) atoms. The molecule has 1 amide bonds. The number of aliphatic hydroxyl groups is 1. The lowest BCUT2D eigenvalue weighted by Gasteiger charge is -2.20. The quantitative estimate of drug-likeness (QED) is 0.529. The lowest BCUT2D eigenvalue weighted by Crippen LogP contribution is -2.35. The van der Waals surface area contributed by atoms with E-state index in [0.29, 0.717) is 6.54 Å². The zero-order chi connectivity index (χ0) is 11.9. The summed E-state index contributed by atoms with van der Waals surface area (Å²) >= 11 is 1.74. The van der Waals surface area contributed by atoms with Gasteiger partial charge in [-0.3, -0.25) is 4.79 Å². The molecule has 0 aromatic rings. The van der Waals surface area contributed by atoms with Gasteiger partial charge >= 0.3 is 0 Å². The Labute approximate surface area is 102 Å². The Morgan fingerprint density at radius 2 is 2.19 bits per heavy atom. The van der Waals surface area contributed by atoms with Crippen molar-refractivity contribution >= 4 is 17.7 Å². The van der Waals surface area contributed by atoms with Crippen molar-refractivity contribution in [2.24, 2.45) is 0 Å². The minimum Gasteiger partial charge on any atom is -0.389 e. The number of nitrogens with one attached hydrogen (secondary N) is 1. The van der Waals surface area contributed by atoms with Gasteiger partial charge in [0, 0.05) is 18.1 Å². The zero-order valence-corrected chi connectivity index (χ0v) is 10.5. The summed E-state index contributed by atoms with van der Waals surface area (Å²) in [6, 6.07) is 0. The number of rotatable bonds is 7. The fourth-order valence-electron chi connectivity index (χ4n) is 2.00. The van der Waals surface area contributed by atoms with Crippen molar-refractivity contribution in [3.05, 3.63) is 12.7 Å². The van der Waals surface area contributed by atoms with Crippen LogP contribution in [0.3, 0.4) is 0 Å². The lowest BCUT2D eigenvalue weighted by atomic mass is 9.98. The SMILES string of the molecule is C=CCSCCNC(=O)CC1(O)CCCC1. The average molecular weight is 243 g/mol. The van der Waals surface area contributed by atoms with Gasteiger partial charge in [0.05, 0.1) is 12.0 Å². The highest BCUT2D eigenvalue weighted by Gasteiger charge is 2.33. The van der Waals surface area contributed by atoms with E-state index in [-0.39, 0.29) is 12.3 Å². The van der Waals surface area contributed by atoms with E-state index >= 15 is 0 Å². The summed E-state index contributed by atoms with van der Waals surface area (Å²) in [5.41, 5.74) is -0.724. The first-order valence-electron chi connectivity index (χ1n) is 5.84. The predicted molar refractivity (Wildman–Crippen MR) is 68.6 cm³/mol. The van der Waals surface area contributed by atoms with Crippen molar-refractivity contribution in [3.63, 3.8) is 0 Å². The summed E-state index contributed by atoms with van der Waals surface area (Å²) in [5, 5.41) is 12.9. The maximum absolute atomic E-state index is 11.5. The highest BCUT2D eigenvalue weighted by atomic mass is 32.2. The van der Waals surface area contributed by atoms with Gasteiger partial charge in [-0.15, -0.1) is 6.58 Å². The van der Waals surface area contributed by atoms with Crippen molar-refractivity contribution in [1.82, 2.24) is 5.32 Å². The Morgan fingerprint density at radius 1 is 1.50 bits per heavy atom. The van der Waals surface area contributed by atoms with Gasteiger partial charge < -0.3 is 10.4 Å². The highest BCUT2D eigenvalue weighted by molar-refractivity contribution is 7.99. The summed E-state index contributed by atoms with van der Waals surface area (Å²) in [5.74, 6) is 1.79. The lowest BCUT2D eigenvalue weighted by molar-refractivity contribution is -0.125. The molecule has 0 radical (unpaired) electrons. The Balaban J connectivity index is 2.08. The summed E-state index contributed by atoms with van der Waals surface area (Å²) in [7, 11) is 0. The van der Waals surface area contributed by atoms with Crippen LogP contribution in [0.25, 0.3) is 0 Å². The van der Waals surface area contributed by atoms with Gasteiger partial charge in [0.1, 0.15) is 0 Å². The molecule has 92 valence electrons. The number of amides is 1. The van der Waals surface area contributed by atoms with Gasteiger partial charge in [-0.25, -0.2) is 0 Å². The van der Waals surface area contributed by atoms with Crippen LogP contribution in [0, 0.1) is 0 Å². The van der Waals surface area contributed by atoms with E-state index in [2.05, 4.69) is 11.9 Å². The molecule has 2 N–H and O–H groups in total. The normalized spacial score (nSPS) is 18.3.